The van der Waals surface area contributed by atoms with Crippen molar-refractivity contribution in [1.29, 1.82) is 0 Å². The van der Waals surface area contributed by atoms with Crippen molar-refractivity contribution in [1.82, 2.24) is 4.90 Å². The van der Waals surface area contributed by atoms with Crippen LogP contribution in [0, 0.1) is 42.4 Å². The lowest BCUT2D eigenvalue weighted by Crippen LogP contribution is -2.61. The molecule has 0 unspecified atom stereocenters. The van der Waals surface area contributed by atoms with Gasteiger partial charge in [0.25, 0.3) is 11.7 Å². The molecule has 78 heavy (non-hydrogen) atoms. The van der Waals surface area contributed by atoms with E-state index < -0.39 is 95.8 Å². The van der Waals surface area contributed by atoms with Crippen LogP contribution < -0.4 is 4.57 Å². The molecule has 4 aliphatic rings. The fourth-order valence-corrected chi connectivity index (χ4v) is 12.2. The standard InChI is InChI=1S/C60H89N2O15S/c1-13-52(64)74-48-25-23-44(30-51(48)72-11)29-39(5)50-32-47(63)38(4)28-41(7)55(76-53(65)33-61-35-78-34-43(61)9)56(73-12)54(66)40(6)27-36(2)19-15-14-16-20-37(3)49(71-10)31-45-24-22-42(8)60(70,77-45)57(67)58(68)62-26-18-17-21-46(62)59(69)75-50/h14-16,19-20,28,34-36,38-40,42,44-46,48-51,55-56,70H,13,17-18,21-27,29-33H2,1-12H3/q+1/b16-14+,19-15+,37-20+,41-28+/t36-,38-,39-,40-,42-,44+,45+,46+,48-,49+,50+,51-,55-,56+,60-/m1/s1. The van der Waals surface area contributed by atoms with Crippen LogP contribution in [-0.4, -0.2) is 134 Å². The van der Waals surface area contributed by atoms with Crippen LogP contribution in [0.1, 0.15) is 145 Å². The number of amides is 1. The van der Waals surface area contributed by atoms with Gasteiger partial charge in [0.2, 0.25) is 17.8 Å². The van der Waals surface area contributed by atoms with Gasteiger partial charge in [-0.15, -0.1) is 0 Å². The number of carbonyl (C=O) groups is 7. The summed E-state index contributed by atoms with van der Waals surface area (Å²) in [6.45, 7) is 16.3. The Morgan fingerprint density at radius 2 is 1.59 bits per heavy atom. The van der Waals surface area contributed by atoms with Crippen molar-refractivity contribution in [2.45, 2.75) is 207 Å². The molecule has 434 valence electrons. The molecular formula is C60H89N2O15S+. The average molecular weight is 1110 g/mol. The van der Waals surface area contributed by atoms with Crippen LogP contribution in [0.2, 0.25) is 0 Å². The monoisotopic (exact) mass is 1110 g/mol. The Balaban J connectivity index is 1.53. The van der Waals surface area contributed by atoms with Gasteiger partial charge in [0, 0.05) is 71.8 Å². The summed E-state index contributed by atoms with van der Waals surface area (Å²) in [6.07, 6.45) is 11.2. The van der Waals surface area contributed by atoms with Crippen molar-refractivity contribution in [2.75, 3.05) is 27.9 Å². The maximum atomic E-state index is 14.7. The summed E-state index contributed by atoms with van der Waals surface area (Å²) in [5, 5.41) is 14.0. The van der Waals surface area contributed by atoms with Crippen molar-refractivity contribution in [2.24, 2.45) is 35.5 Å². The molecule has 1 N–H and O–H groups in total. The highest BCUT2D eigenvalue weighted by Gasteiger charge is 2.53. The molecule has 1 aromatic heterocycles. The Bertz CT molecular complexity index is 2360. The minimum Gasteiger partial charge on any atom is -0.460 e. The largest absolute Gasteiger partial charge is 0.460 e. The van der Waals surface area contributed by atoms with E-state index in [0.717, 1.165) is 11.3 Å². The van der Waals surface area contributed by atoms with Gasteiger partial charge in [0.15, 0.2) is 23.7 Å². The minimum atomic E-state index is -2.46. The number of aryl methyl sites for hydroxylation is 1. The molecule has 2 bridgehead atoms. The number of hydrogen-bond donors (Lipinski definition) is 1. The smallest absolute Gasteiger partial charge is 0.373 e. The summed E-state index contributed by atoms with van der Waals surface area (Å²) in [5.74, 6) is -9.44. The van der Waals surface area contributed by atoms with E-state index in [9.17, 15) is 38.7 Å². The van der Waals surface area contributed by atoms with Gasteiger partial charge >= 0.3 is 17.9 Å². The fourth-order valence-electron chi connectivity index (χ4n) is 11.5. The molecule has 1 saturated carbocycles. The molecule has 0 radical (unpaired) electrons. The Labute approximate surface area is 466 Å². The molecular weight excluding hydrogens is 1020 g/mol. The lowest BCUT2D eigenvalue weighted by atomic mass is 9.78. The van der Waals surface area contributed by atoms with Crippen LogP contribution in [0.5, 0.6) is 0 Å². The van der Waals surface area contributed by atoms with Gasteiger partial charge in [0.1, 0.15) is 24.0 Å². The second-order valence-corrected chi connectivity index (χ2v) is 23.2. The Hall–Kier alpha value is -4.72. The van der Waals surface area contributed by atoms with E-state index in [1.807, 2.05) is 70.4 Å². The van der Waals surface area contributed by atoms with Crippen molar-refractivity contribution >= 4 is 52.5 Å². The predicted octanol–water partition coefficient (Wildman–Crippen LogP) is 8.05. The number of carbonyl (C=O) groups excluding carboxylic acids is 7. The number of thiazole rings is 1. The lowest BCUT2D eigenvalue weighted by molar-refractivity contribution is -0.687. The third kappa shape index (κ3) is 17.1. The van der Waals surface area contributed by atoms with E-state index >= 15 is 0 Å². The zero-order valence-corrected chi connectivity index (χ0v) is 49.1. The second-order valence-electron chi connectivity index (χ2n) is 22.5. The summed E-state index contributed by atoms with van der Waals surface area (Å²) in [4.78, 5) is 99.9. The summed E-state index contributed by atoms with van der Waals surface area (Å²) in [5.41, 5.74) is 3.94. The maximum Gasteiger partial charge on any atom is 0.373 e. The van der Waals surface area contributed by atoms with E-state index in [1.165, 1.54) is 23.3 Å². The van der Waals surface area contributed by atoms with Crippen molar-refractivity contribution in [3.05, 3.63) is 64.2 Å². The van der Waals surface area contributed by atoms with Gasteiger partial charge < -0.3 is 43.2 Å². The van der Waals surface area contributed by atoms with Gasteiger partial charge in [-0.25, -0.2) is 9.59 Å². The normalized spacial score (nSPS) is 35.5. The minimum absolute atomic E-state index is 0.0431. The number of ketones is 3. The SMILES string of the molecule is CCC(=O)O[C@@H]1CC[C@@H](C[C@@H](C)[C@@H]2CC(=O)[C@H](C)/C=C(\C)[C@@H](OC(=O)C[n+]3cscc3C)[C@@H](OC)C(=O)[C@H](C)C[C@H](C)/C=C/C=C/C=C(\C)[C@@H](OC)C[C@@H]3CC[C@@H](C)[C@@](O)(O3)C(=O)C(=O)N3CCCC[C@H]3C(=O)O2)C[C@H]1OC. The number of aromatic nitrogens is 1. The summed E-state index contributed by atoms with van der Waals surface area (Å²) >= 11 is 1.43. The number of aliphatic hydroxyl groups is 1. The Morgan fingerprint density at radius 3 is 2.26 bits per heavy atom. The van der Waals surface area contributed by atoms with Crippen LogP contribution in [0.25, 0.3) is 0 Å². The van der Waals surface area contributed by atoms with Crippen LogP contribution in [0.15, 0.2) is 58.5 Å². The summed E-state index contributed by atoms with van der Waals surface area (Å²) in [6, 6.07) is -1.19. The third-order valence-electron chi connectivity index (χ3n) is 16.4. The topological polar surface area (TPSA) is 211 Å². The third-order valence-corrected chi connectivity index (χ3v) is 17.3. The number of esters is 3. The first-order valence-corrected chi connectivity index (χ1v) is 29.1. The van der Waals surface area contributed by atoms with Gasteiger partial charge in [-0.1, -0.05) is 89.3 Å². The number of rotatable bonds is 11. The number of cyclic esters (lactones) is 1. The van der Waals surface area contributed by atoms with E-state index in [4.69, 9.17) is 33.2 Å². The molecule has 15 atom stereocenters. The molecule has 0 aromatic carbocycles. The van der Waals surface area contributed by atoms with Crippen molar-refractivity contribution in [3.63, 3.8) is 0 Å². The highest BCUT2D eigenvalue weighted by Crippen LogP contribution is 2.38. The van der Waals surface area contributed by atoms with E-state index in [2.05, 4.69) is 0 Å². The molecule has 4 heterocycles. The molecule has 5 rings (SSSR count). The molecule has 17 nitrogen and oxygen atoms in total. The molecule has 3 aliphatic heterocycles. The van der Waals surface area contributed by atoms with E-state index in [0.29, 0.717) is 69.8 Å². The maximum absolute atomic E-state index is 14.7. The summed E-state index contributed by atoms with van der Waals surface area (Å²) < 4.78 is 43.8. The molecule has 1 aliphatic carbocycles. The number of allylic oxidation sites excluding steroid dienone is 6. The molecule has 18 heteroatoms. The molecule has 2 saturated heterocycles. The van der Waals surface area contributed by atoms with Gasteiger partial charge in [0.05, 0.1) is 23.7 Å². The molecule has 1 amide bonds. The van der Waals surface area contributed by atoms with Gasteiger partial charge in [-0.3, -0.25) is 24.0 Å². The molecule has 3 fully saturated rings. The first-order valence-electron chi connectivity index (χ1n) is 28.2. The van der Waals surface area contributed by atoms with Crippen molar-refractivity contribution < 1.29 is 76.4 Å². The number of methoxy groups -OCH3 is 3. The fraction of sp³-hybridized carbons (Fsp3) is 0.700. The zero-order chi connectivity index (χ0) is 57.4. The summed E-state index contributed by atoms with van der Waals surface area (Å²) in [7, 11) is 4.55. The van der Waals surface area contributed by atoms with Crippen LogP contribution in [-0.2, 0) is 73.3 Å². The van der Waals surface area contributed by atoms with Crippen LogP contribution >= 0.6 is 11.3 Å². The number of hydrogen-bond acceptors (Lipinski definition) is 16. The highest BCUT2D eigenvalue weighted by molar-refractivity contribution is 7.07. The highest BCUT2D eigenvalue weighted by atomic mass is 32.1. The number of fused-ring (bicyclic) bond motifs is 3. The molecule has 0 spiro atoms. The second kappa shape index (κ2) is 30.2. The predicted molar refractivity (Wildman–Crippen MR) is 292 cm³/mol. The number of nitrogens with zero attached hydrogens (tertiary/aromatic N) is 2. The zero-order valence-electron chi connectivity index (χ0n) is 48.3. The number of ether oxygens (including phenoxy) is 7. The molecule has 1 aromatic rings. The van der Waals surface area contributed by atoms with Crippen molar-refractivity contribution in [3.8, 4) is 0 Å². The van der Waals surface area contributed by atoms with Crippen LogP contribution in [0.4, 0.5) is 0 Å². The van der Waals surface area contributed by atoms with E-state index in [-0.39, 0.29) is 67.8 Å². The first kappa shape index (κ1) is 64.1. The Morgan fingerprint density at radius 1 is 0.846 bits per heavy atom. The van der Waals surface area contributed by atoms with Crippen LogP contribution in [0.3, 0.4) is 0 Å². The first-order chi connectivity index (χ1) is 37.0. The Kier molecular flexibility index (Phi) is 24.8. The average Bonchev–Trinajstić information content (AvgIpc) is 3.83. The lowest BCUT2D eigenvalue weighted by Gasteiger charge is -2.42. The number of piperidine rings is 1. The van der Waals surface area contributed by atoms with E-state index in [1.54, 1.807) is 58.1 Å². The quantitative estimate of drug-likeness (QED) is 0.0730. The number of Topliss-reactive ketones (excluding diaryl/α,β-unsaturated/α-hetero) is 3. The van der Waals surface area contributed by atoms with Gasteiger partial charge in [-0.2, -0.15) is 4.57 Å². The van der Waals surface area contributed by atoms with Gasteiger partial charge in [-0.05, 0) is 107 Å².